The van der Waals surface area contributed by atoms with Gasteiger partial charge >= 0.3 is 0 Å². The molecular weight excluding hydrogens is 123 g/mol. The van der Waals surface area contributed by atoms with Crippen LogP contribution in [0.15, 0.2) is 18.2 Å². The topological polar surface area (TPSA) is 20.2 Å². The van der Waals surface area contributed by atoms with Gasteiger partial charge in [-0.2, -0.15) is 0 Å². The van der Waals surface area contributed by atoms with E-state index in [0.29, 0.717) is 5.46 Å². The van der Waals surface area contributed by atoms with E-state index in [2.05, 4.69) is 0 Å². The summed E-state index contributed by atoms with van der Waals surface area (Å²) in [5, 5.41) is 9.01. The first-order valence-corrected chi connectivity index (χ1v) is 3.31. The van der Waals surface area contributed by atoms with Crippen LogP contribution in [0.25, 0.3) is 0 Å². The summed E-state index contributed by atoms with van der Waals surface area (Å²) < 4.78 is 0. The second-order valence-electron chi connectivity index (χ2n) is 2.25. The van der Waals surface area contributed by atoms with E-state index in [-0.39, 0.29) is 5.75 Å². The molecule has 0 spiro atoms. The number of phenolic OH excluding ortho intramolecular Hbond substituents is 1. The number of phenols is 1. The Morgan fingerprint density at radius 3 is 2.70 bits per heavy atom. The summed E-state index contributed by atoms with van der Waals surface area (Å²) in [7, 11) is 5.45. The fourth-order valence-corrected chi connectivity index (χ4v) is 0.824. The molecule has 10 heavy (non-hydrogen) atoms. The van der Waals surface area contributed by atoms with Crippen molar-refractivity contribution in [2.75, 3.05) is 0 Å². The van der Waals surface area contributed by atoms with Crippen molar-refractivity contribution in [1.82, 2.24) is 0 Å². The minimum Gasteiger partial charge on any atom is -0.509 e. The number of aromatic hydroxyl groups is 1. The van der Waals surface area contributed by atoms with E-state index in [1.54, 1.807) is 12.1 Å². The Morgan fingerprint density at radius 1 is 1.50 bits per heavy atom. The molecule has 0 saturated carbocycles. The second-order valence-corrected chi connectivity index (χ2v) is 2.25. The van der Waals surface area contributed by atoms with Crippen LogP contribution in [0.5, 0.6) is 5.75 Å². The largest absolute Gasteiger partial charge is 0.509 e. The second kappa shape index (κ2) is 2.78. The molecule has 1 rings (SSSR count). The van der Waals surface area contributed by atoms with Crippen molar-refractivity contribution in [3.8, 4) is 5.75 Å². The summed E-state index contributed by atoms with van der Waals surface area (Å²) in [5.74, 6) is 0.164. The molecule has 0 aliphatic heterocycles. The highest BCUT2D eigenvalue weighted by molar-refractivity contribution is 6.34. The van der Waals surface area contributed by atoms with Crippen molar-refractivity contribution < 1.29 is 5.11 Å². The minimum atomic E-state index is 0.164. The lowest BCUT2D eigenvalue weighted by molar-refractivity contribution is 0.479. The zero-order valence-corrected chi connectivity index (χ0v) is 5.96. The minimum absolute atomic E-state index is 0.164. The standard InChI is InChI=1S/C8H9BO/c1-2-6-3-4-8(10)7(9)5-6/h3-5,10H,2H2,1H3. The van der Waals surface area contributed by atoms with Crippen LogP contribution in [0.3, 0.4) is 0 Å². The number of rotatable bonds is 1. The van der Waals surface area contributed by atoms with E-state index >= 15 is 0 Å². The smallest absolute Gasteiger partial charge is 0.119 e. The maximum atomic E-state index is 9.01. The maximum absolute atomic E-state index is 9.01. The zero-order chi connectivity index (χ0) is 7.56. The molecule has 0 fully saturated rings. The summed E-state index contributed by atoms with van der Waals surface area (Å²) in [5.41, 5.74) is 1.61. The first-order chi connectivity index (χ1) is 4.74. The SMILES string of the molecule is [B]c1cc(CC)ccc1O. The molecule has 50 valence electrons. The molecule has 0 aromatic heterocycles. The number of hydrogen-bond acceptors (Lipinski definition) is 1. The van der Waals surface area contributed by atoms with E-state index in [4.69, 9.17) is 13.0 Å². The first kappa shape index (κ1) is 7.20. The molecule has 1 nitrogen and oxygen atoms in total. The van der Waals surface area contributed by atoms with Gasteiger partial charge in [-0.3, -0.25) is 0 Å². The molecule has 0 amide bonds. The van der Waals surface area contributed by atoms with Crippen LogP contribution in [0, 0.1) is 0 Å². The normalized spacial score (nSPS) is 9.70. The van der Waals surface area contributed by atoms with Crippen LogP contribution in [-0.4, -0.2) is 13.0 Å². The Bertz CT molecular complexity index is 233. The van der Waals surface area contributed by atoms with Crippen LogP contribution in [0.4, 0.5) is 0 Å². The summed E-state index contributed by atoms with van der Waals surface area (Å²) in [6.07, 6.45) is 0.949. The van der Waals surface area contributed by atoms with Gasteiger partial charge in [-0.1, -0.05) is 24.5 Å². The van der Waals surface area contributed by atoms with Gasteiger partial charge in [0.15, 0.2) is 0 Å². The molecule has 1 N–H and O–H groups in total. The van der Waals surface area contributed by atoms with Crippen LogP contribution in [0.2, 0.25) is 0 Å². The number of benzene rings is 1. The number of hydrogen-bond donors (Lipinski definition) is 1. The summed E-state index contributed by atoms with van der Waals surface area (Å²) in [4.78, 5) is 0. The van der Waals surface area contributed by atoms with Gasteiger partial charge in [0.1, 0.15) is 13.6 Å². The molecule has 0 bridgehead atoms. The molecular formula is C8H9BO. The van der Waals surface area contributed by atoms with Crippen LogP contribution < -0.4 is 5.46 Å². The molecule has 1 aromatic carbocycles. The summed E-state index contributed by atoms with van der Waals surface area (Å²) >= 11 is 0. The molecule has 2 heteroatoms. The van der Waals surface area contributed by atoms with Crippen LogP contribution >= 0.6 is 0 Å². The quantitative estimate of drug-likeness (QED) is 0.559. The van der Waals surface area contributed by atoms with Gasteiger partial charge in [0, 0.05) is 0 Å². The van der Waals surface area contributed by atoms with E-state index in [0.717, 1.165) is 12.0 Å². The predicted octanol–water partition coefficient (Wildman–Crippen LogP) is 0.748. The molecule has 0 atom stereocenters. The van der Waals surface area contributed by atoms with E-state index in [1.807, 2.05) is 13.0 Å². The Balaban J connectivity index is 3.04. The van der Waals surface area contributed by atoms with Crippen molar-refractivity contribution in [3.05, 3.63) is 23.8 Å². The fourth-order valence-electron chi connectivity index (χ4n) is 0.824. The van der Waals surface area contributed by atoms with Gasteiger partial charge in [-0.25, -0.2) is 0 Å². The van der Waals surface area contributed by atoms with E-state index in [9.17, 15) is 0 Å². The Hall–Kier alpha value is -0.915. The molecule has 0 saturated heterocycles. The average molecular weight is 132 g/mol. The average Bonchev–Trinajstić information content (AvgIpc) is 1.95. The third-order valence-electron chi connectivity index (χ3n) is 1.50. The van der Waals surface area contributed by atoms with E-state index < -0.39 is 0 Å². The van der Waals surface area contributed by atoms with Crippen molar-refractivity contribution in [2.45, 2.75) is 13.3 Å². The maximum Gasteiger partial charge on any atom is 0.119 e. The Kier molecular flexibility index (Phi) is 2.00. The monoisotopic (exact) mass is 132 g/mol. The zero-order valence-electron chi connectivity index (χ0n) is 5.96. The molecule has 0 heterocycles. The van der Waals surface area contributed by atoms with Crippen molar-refractivity contribution in [3.63, 3.8) is 0 Å². The first-order valence-electron chi connectivity index (χ1n) is 3.31. The van der Waals surface area contributed by atoms with E-state index in [1.165, 1.54) is 0 Å². The van der Waals surface area contributed by atoms with Gasteiger partial charge in [-0.05, 0) is 18.1 Å². The van der Waals surface area contributed by atoms with Crippen molar-refractivity contribution in [2.24, 2.45) is 0 Å². The lowest BCUT2D eigenvalue weighted by Gasteiger charge is -2.00. The van der Waals surface area contributed by atoms with Crippen LogP contribution in [-0.2, 0) is 6.42 Å². The summed E-state index contributed by atoms with van der Waals surface area (Å²) in [6, 6.07) is 5.27. The summed E-state index contributed by atoms with van der Waals surface area (Å²) in [6.45, 7) is 2.05. The molecule has 0 unspecified atom stereocenters. The lowest BCUT2D eigenvalue weighted by atomic mass is 9.93. The van der Waals surface area contributed by atoms with Crippen molar-refractivity contribution >= 4 is 13.3 Å². The van der Waals surface area contributed by atoms with Gasteiger partial charge in [0.2, 0.25) is 0 Å². The lowest BCUT2D eigenvalue weighted by Crippen LogP contribution is -2.03. The molecule has 0 aliphatic carbocycles. The van der Waals surface area contributed by atoms with Gasteiger partial charge < -0.3 is 5.11 Å². The molecule has 0 aliphatic rings. The predicted molar refractivity (Wildman–Crippen MR) is 42.9 cm³/mol. The van der Waals surface area contributed by atoms with Crippen molar-refractivity contribution in [1.29, 1.82) is 0 Å². The fraction of sp³-hybridized carbons (Fsp3) is 0.250. The van der Waals surface area contributed by atoms with Gasteiger partial charge in [0.05, 0.1) is 0 Å². The third kappa shape index (κ3) is 1.32. The highest BCUT2D eigenvalue weighted by Gasteiger charge is 1.94. The highest BCUT2D eigenvalue weighted by atomic mass is 16.3. The highest BCUT2D eigenvalue weighted by Crippen LogP contribution is 2.05. The molecule has 2 radical (unpaired) electrons. The Morgan fingerprint density at radius 2 is 2.20 bits per heavy atom. The van der Waals surface area contributed by atoms with Gasteiger partial charge in [-0.15, -0.1) is 0 Å². The molecule has 1 aromatic rings. The third-order valence-corrected chi connectivity index (χ3v) is 1.50. The van der Waals surface area contributed by atoms with Crippen LogP contribution in [0.1, 0.15) is 12.5 Å². The Labute approximate surface area is 62.1 Å². The number of aryl methyl sites for hydroxylation is 1. The van der Waals surface area contributed by atoms with Gasteiger partial charge in [0.25, 0.3) is 0 Å².